The molecule has 0 bridgehead atoms. The van der Waals surface area contributed by atoms with Gasteiger partial charge in [-0.25, -0.2) is 4.79 Å². The molecule has 0 unspecified atom stereocenters. The number of methoxy groups -OCH3 is 1. The van der Waals surface area contributed by atoms with Crippen LogP contribution in [0.2, 0.25) is 0 Å². The predicted octanol–water partition coefficient (Wildman–Crippen LogP) is 5.02. The number of rotatable bonds is 4. The van der Waals surface area contributed by atoms with Gasteiger partial charge in [0.1, 0.15) is 10.6 Å². The second-order valence-corrected chi connectivity index (χ2v) is 7.25. The van der Waals surface area contributed by atoms with Gasteiger partial charge in [0, 0.05) is 10.1 Å². The molecule has 134 valence electrons. The summed E-state index contributed by atoms with van der Waals surface area (Å²) in [6, 6.07) is 21.6. The highest BCUT2D eigenvalue weighted by Crippen LogP contribution is 2.36. The van der Waals surface area contributed by atoms with Crippen LogP contribution in [0.1, 0.15) is 15.9 Å². The lowest BCUT2D eigenvalue weighted by molar-refractivity contribution is -0.115. The number of hydrogen-bond acceptors (Lipinski definition) is 4. The summed E-state index contributed by atoms with van der Waals surface area (Å²) in [6.07, 6.45) is 0.236. The van der Waals surface area contributed by atoms with Gasteiger partial charge < -0.3 is 10.1 Å². The number of nitrogens with one attached hydrogen (secondary N) is 1. The third-order valence-corrected chi connectivity index (χ3v) is 5.50. The largest absolute Gasteiger partial charge is 0.465 e. The maximum absolute atomic E-state index is 12.6. The second kappa shape index (κ2) is 7.21. The average molecular weight is 375 g/mol. The van der Waals surface area contributed by atoms with Gasteiger partial charge in [-0.1, -0.05) is 60.7 Å². The molecule has 0 saturated carbocycles. The zero-order chi connectivity index (χ0) is 18.8. The minimum atomic E-state index is -0.451. The van der Waals surface area contributed by atoms with Crippen molar-refractivity contribution in [3.63, 3.8) is 0 Å². The number of ether oxygens (including phenoxy) is 1. The molecule has 0 saturated heterocycles. The zero-order valence-electron chi connectivity index (χ0n) is 14.7. The third-order valence-electron chi connectivity index (χ3n) is 4.42. The maximum Gasteiger partial charge on any atom is 0.341 e. The summed E-state index contributed by atoms with van der Waals surface area (Å²) in [5.41, 5.74) is 1.33. The maximum atomic E-state index is 12.6. The van der Waals surface area contributed by atoms with Crippen LogP contribution < -0.4 is 5.32 Å². The van der Waals surface area contributed by atoms with Crippen molar-refractivity contribution in [1.29, 1.82) is 0 Å². The molecular formula is C22H17NO3S. The lowest BCUT2D eigenvalue weighted by atomic mass is 10.0. The van der Waals surface area contributed by atoms with Crippen LogP contribution >= 0.6 is 11.3 Å². The Balaban J connectivity index is 1.61. The Bertz CT molecular complexity index is 1160. The van der Waals surface area contributed by atoms with Crippen LogP contribution in [0.4, 0.5) is 5.00 Å². The first-order chi connectivity index (χ1) is 13.2. The van der Waals surface area contributed by atoms with Crippen molar-refractivity contribution in [2.24, 2.45) is 0 Å². The quantitative estimate of drug-likeness (QED) is 0.510. The van der Waals surface area contributed by atoms with Gasteiger partial charge in [-0.2, -0.15) is 0 Å². The summed E-state index contributed by atoms with van der Waals surface area (Å²) < 4.78 is 5.84. The minimum absolute atomic E-state index is 0.165. The molecule has 0 fully saturated rings. The Hall–Kier alpha value is -3.18. The smallest absolute Gasteiger partial charge is 0.341 e. The summed E-state index contributed by atoms with van der Waals surface area (Å²) >= 11 is 1.38. The minimum Gasteiger partial charge on any atom is -0.465 e. The molecule has 5 heteroatoms. The molecule has 0 aliphatic heterocycles. The van der Waals surface area contributed by atoms with Crippen LogP contribution in [-0.4, -0.2) is 19.0 Å². The van der Waals surface area contributed by atoms with Crippen molar-refractivity contribution in [2.45, 2.75) is 6.42 Å². The summed E-state index contributed by atoms with van der Waals surface area (Å²) in [7, 11) is 1.34. The highest BCUT2D eigenvalue weighted by molar-refractivity contribution is 7.23. The number of thiophene rings is 1. The van der Waals surface area contributed by atoms with Gasteiger partial charge in [-0.15, -0.1) is 11.3 Å². The van der Waals surface area contributed by atoms with E-state index in [-0.39, 0.29) is 12.3 Å². The fourth-order valence-electron chi connectivity index (χ4n) is 3.14. The third kappa shape index (κ3) is 3.41. The van der Waals surface area contributed by atoms with E-state index < -0.39 is 5.97 Å². The molecule has 1 amide bonds. The summed E-state index contributed by atoms with van der Waals surface area (Å²) in [5.74, 6) is -0.615. The standard InChI is InChI=1S/C22H17NO3S/c1-26-22(25)20-17-8-4-5-9-18(17)27-21(20)23-19(24)13-14-10-11-15-6-2-3-7-16(15)12-14/h2-12H,13H2,1H3,(H,23,24). The van der Waals surface area contributed by atoms with Crippen LogP contribution in [0.3, 0.4) is 0 Å². The molecular weight excluding hydrogens is 358 g/mol. The van der Waals surface area contributed by atoms with E-state index in [2.05, 4.69) is 5.32 Å². The van der Waals surface area contributed by atoms with Gasteiger partial charge in [0.05, 0.1) is 13.5 Å². The molecule has 0 spiro atoms. The van der Waals surface area contributed by atoms with Crippen molar-refractivity contribution in [1.82, 2.24) is 0 Å². The van der Waals surface area contributed by atoms with Gasteiger partial charge in [0.15, 0.2) is 0 Å². The van der Waals surface area contributed by atoms with E-state index in [0.717, 1.165) is 26.4 Å². The van der Waals surface area contributed by atoms with E-state index >= 15 is 0 Å². The van der Waals surface area contributed by atoms with Crippen molar-refractivity contribution in [3.05, 3.63) is 77.9 Å². The number of carbonyl (C=O) groups excluding carboxylic acids is 2. The van der Waals surface area contributed by atoms with E-state index in [1.54, 1.807) is 0 Å². The Labute approximate surface area is 160 Å². The van der Waals surface area contributed by atoms with Crippen LogP contribution in [0.25, 0.3) is 20.9 Å². The first-order valence-electron chi connectivity index (χ1n) is 8.53. The second-order valence-electron chi connectivity index (χ2n) is 6.20. The average Bonchev–Trinajstić information content (AvgIpc) is 3.04. The Morgan fingerprint density at radius 1 is 0.963 bits per heavy atom. The molecule has 4 rings (SSSR count). The number of carbonyl (C=O) groups is 2. The summed E-state index contributed by atoms with van der Waals surface area (Å²) in [6.45, 7) is 0. The normalized spacial score (nSPS) is 10.9. The van der Waals surface area contributed by atoms with E-state index in [1.807, 2.05) is 66.7 Å². The van der Waals surface area contributed by atoms with Gasteiger partial charge in [0.25, 0.3) is 0 Å². The van der Waals surface area contributed by atoms with Crippen molar-refractivity contribution in [3.8, 4) is 0 Å². The van der Waals surface area contributed by atoms with Gasteiger partial charge >= 0.3 is 5.97 Å². The number of amides is 1. The molecule has 1 aromatic heterocycles. The first-order valence-corrected chi connectivity index (χ1v) is 9.35. The number of anilines is 1. The molecule has 0 radical (unpaired) electrons. The molecule has 27 heavy (non-hydrogen) atoms. The fourth-order valence-corrected chi connectivity index (χ4v) is 4.25. The zero-order valence-corrected chi connectivity index (χ0v) is 15.5. The van der Waals surface area contributed by atoms with Gasteiger partial charge in [-0.3, -0.25) is 4.79 Å². The SMILES string of the molecule is COC(=O)c1c(NC(=O)Cc2ccc3ccccc3c2)sc2ccccc12. The topological polar surface area (TPSA) is 55.4 Å². The molecule has 1 N–H and O–H groups in total. The Kier molecular flexibility index (Phi) is 4.60. The molecule has 4 aromatic rings. The Morgan fingerprint density at radius 2 is 1.70 bits per heavy atom. The van der Waals surface area contributed by atoms with E-state index in [0.29, 0.717) is 10.6 Å². The highest BCUT2D eigenvalue weighted by Gasteiger charge is 2.21. The molecule has 0 atom stereocenters. The lowest BCUT2D eigenvalue weighted by Crippen LogP contribution is -2.15. The monoisotopic (exact) mass is 375 g/mol. The van der Waals surface area contributed by atoms with E-state index in [4.69, 9.17) is 4.74 Å². The fraction of sp³-hybridized carbons (Fsp3) is 0.0909. The van der Waals surface area contributed by atoms with E-state index in [1.165, 1.54) is 18.4 Å². The number of hydrogen-bond donors (Lipinski definition) is 1. The lowest BCUT2D eigenvalue weighted by Gasteiger charge is -2.07. The van der Waals surface area contributed by atoms with Crippen molar-refractivity contribution < 1.29 is 14.3 Å². The number of benzene rings is 3. The van der Waals surface area contributed by atoms with Crippen LogP contribution in [-0.2, 0) is 16.0 Å². The Morgan fingerprint density at radius 3 is 2.52 bits per heavy atom. The molecule has 4 nitrogen and oxygen atoms in total. The predicted molar refractivity (Wildman–Crippen MR) is 109 cm³/mol. The number of esters is 1. The van der Waals surface area contributed by atoms with Crippen molar-refractivity contribution in [2.75, 3.05) is 12.4 Å². The first kappa shape index (κ1) is 17.2. The molecule has 1 heterocycles. The van der Waals surface area contributed by atoms with Crippen LogP contribution in [0, 0.1) is 0 Å². The summed E-state index contributed by atoms with van der Waals surface area (Å²) in [5, 5.41) is 6.44. The molecule has 0 aliphatic rings. The van der Waals surface area contributed by atoms with Crippen molar-refractivity contribution >= 4 is 49.1 Å². The van der Waals surface area contributed by atoms with Crippen LogP contribution in [0.15, 0.2) is 66.7 Å². The molecule has 0 aliphatic carbocycles. The highest BCUT2D eigenvalue weighted by atomic mass is 32.1. The van der Waals surface area contributed by atoms with Gasteiger partial charge in [-0.05, 0) is 22.4 Å². The van der Waals surface area contributed by atoms with Crippen LogP contribution in [0.5, 0.6) is 0 Å². The van der Waals surface area contributed by atoms with E-state index in [9.17, 15) is 9.59 Å². The molecule has 3 aromatic carbocycles. The van der Waals surface area contributed by atoms with Gasteiger partial charge in [0.2, 0.25) is 5.91 Å². The number of fused-ring (bicyclic) bond motifs is 2. The summed E-state index contributed by atoms with van der Waals surface area (Å²) in [4.78, 5) is 24.8.